The number of rotatable bonds is 18. The van der Waals surface area contributed by atoms with Gasteiger partial charge in [0.05, 0.1) is 31.2 Å². The van der Waals surface area contributed by atoms with E-state index in [2.05, 4.69) is 16.0 Å². The summed E-state index contributed by atoms with van der Waals surface area (Å²) in [5.74, 6) is -3.83. The van der Waals surface area contributed by atoms with Crippen molar-refractivity contribution in [2.75, 3.05) is 13.2 Å². The number of carbonyl (C=O) groups is 4. The molecule has 12 N–H and O–H groups in total. The molecule has 226 valence electrons. The normalized spacial score (nSPS) is 16.6. The van der Waals surface area contributed by atoms with Gasteiger partial charge in [0.15, 0.2) is 6.10 Å². The fraction of sp³-hybridized carbons (Fsp3) is 0.615. The van der Waals surface area contributed by atoms with Crippen molar-refractivity contribution in [3.05, 3.63) is 35.9 Å². The van der Waals surface area contributed by atoms with Crippen LogP contribution in [0.25, 0.3) is 0 Å². The number of aliphatic hydroxyl groups is 4. The molecule has 0 aliphatic carbocycles. The maximum atomic E-state index is 13.0. The lowest BCUT2D eigenvalue weighted by Crippen LogP contribution is -2.60. The SMILES string of the molecule is CC(C)C[C@H](NC(=O)[C@@H](N)CCCN)C(=O)N[C@@H](CO)[C@@H](O)[C@@H](O)[C@H](O)C(=O)N[C@@H](CC(=O)O)c1ccccc1. The van der Waals surface area contributed by atoms with Crippen LogP contribution in [0.15, 0.2) is 30.3 Å². The predicted molar refractivity (Wildman–Crippen MR) is 144 cm³/mol. The summed E-state index contributed by atoms with van der Waals surface area (Å²) in [7, 11) is 0. The first-order valence-corrected chi connectivity index (χ1v) is 13.1. The number of aliphatic carboxylic acids is 1. The van der Waals surface area contributed by atoms with Gasteiger partial charge in [-0.3, -0.25) is 19.2 Å². The second-order valence-electron chi connectivity index (χ2n) is 10.0. The van der Waals surface area contributed by atoms with E-state index in [1.807, 2.05) is 13.8 Å². The van der Waals surface area contributed by atoms with Crippen molar-refractivity contribution in [1.29, 1.82) is 0 Å². The second kappa shape index (κ2) is 17.5. The van der Waals surface area contributed by atoms with Crippen molar-refractivity contribution < 1.29 is 44.7 Å². The van der Waals surface area contributed by atoms with Crippen LogP contribution in [0.2, 0.25) is 0 Å². The van der Waals surface area contributed by atoms with E-state index < -0.39 is 79.2 Å². The number of hydrogen-bond donors (Lipinski definition) is 10. The summed E-state index contributed by atoms with van der Waals surface area (Å²) in [6, 6.07) is 3.51. The summed E-state index contributed by atoms with van der Waals surface area (Å²) < 4.78 is 0. The number of nitrogens with one attached hydrogen (secondary N) is 3. The molecule has 0 fully saturated rings. The number of benzene rings is 1. The van der Waals surface area contributed by atoms with Gasteiger partial charge in [0.1, 0.15) is 18.2 Å². The molecule has 0 spiro atoms. The van der Waals surface area contributed by atoms with Crippen molar-refractivity contribution in [2.24, 2.45) is 17.4 Å². The third kappa shape index (κ3) is 11.5. The molecule has 0 heterocycles. The molecule has 7 atom stereocenters. The smallest absolute Gasteiger partial charge is 0.305 e. The Balaban J connectivity index is 2.93. The zero-order valence-electron chi connectivity index (χ0n) is 22.8. The van der Waals surface area contributed by atoms with Crippen molar-refractivity contribution in [1.82, 2.24) is 16.0 Å². The lowest BCUT2D eigenvalue weighted by atomic mass is 9.98. The second-order valence-corrected chi connectivity index (χ2v) is 10.0. The predicted octanol–water partition coefficient (Wildman–Crippen LogP) is -2.52. The molecule has 0 saturated carbocycles. The largest absolute Gasteiger partial charge is 0.481 e. The Morgan fingerprint density at radius 3 is 2.05 bits per heavy atom. The van der Waals surface area contributed by atoms with Gasteiger partial charge in [0, 0.05) is 0 Å². The maximum absolute atomic E-state index is 13.0. The molecule has 0 bridgehead atoms. The Morgan fingerprint density at radius 2 is 1.52 bits per heavy atom. The van der Waals surface area contributed by atoms with Crippen LogP contribution in [0, 0.1) is 5.92 Å². The highest BCUT2D eigenvalue weighted by molar-refractivity contribution is 5.90. The van der Waals surface area contributed by atoms with Crippen LogP contribution < -0.4 is 27.4 Å². The monoisotopic (exact) mass is 569 g/mol. The summed E-state index contributed by atoms with van der Waals surface area (Å²) >= 11 is 0. The van der Waals surface area contributed by atoms with Crippen LogP contribution in [-0.4, -0.2) is 98.8 Å². The molecule has 40 heavy (non-hydrogen) atoms. The minimum Gasteiger partial charge on any atom is -0.481 e. The van der Waals surface area contributed by atoms with E-state index in [1.165, 1.54) is 0 Å². The fourth-order valence-corrected chi connectivity index (χ4v) is 3.92. The summed E-state index contributed by atoms with van der Waals surface area (Å²) in [6.07, 6.45) is -5.96. The van der Waals surface area contributed by atoms with Crippen LogP contribution in [-0.2, 0) is 19.2 Å². The van der Waals surface area contributed by atoms with Crippen LogP contribution >= 0.6 is 0 Å². The van der Waals surface area contributed by atoms with E-state index >= 15 is 0 Å². The molecule has 0 radical (unpaired) electrons. The van der Waals surface area contributed by atoms with Gasteiger partial charge in [0.2, 0.25) is 11.8 Å². The summed E-state index contributed by atoms with van der Waals surface area (Å²) in [5, 5.41) is 57.7. The number of amides is 3. The van der Waals surface area contributed by atoms with E-state index in [4.69, 9.17) is 11.5 Å². The van der Waals surface area contributed by atoms with Gasteiger partial charge in [0.25, 0.3) is 5.91 Å². The minimum absolute atomic E-state index is 0.0479. The zero-order chi connectivity index (χ0) is 30.4. The number of aliphatic hydroxyl groups excluding tert-OH is 4. The maximum Gasteiger partial charge on any atom is 0.305 e. The average molecular weight is 570 g/mol. The number of carbonyl (C=O) groups excluding carboxylic acids is 3. The third-order valence-corrected chi connectivity index (χ3v) is 6.17. The van der Waals surface area contributed by atoms with Gasteiger partial charge in [-0.15, -0.1) is 0 Å². The molecule has 14 heteroatoms. The van der Waals surface area contributed by atoms with Crippen molar-refractivity contribution >= 4 is 23.7 Å². The van der Waals surface area contributed by atoms with Crippen molar-refractivity contribution in [3.63, 3.8) is 0 Å². The summed E-state index contributed by atoms with van der Waals surface area (Å²) in [6.45, 7) is 3.07. The van der Waals surface area contributed by atoms with Crippen molar-refractivity contribution in [3.8, 4) is 0 Å². The Hall–Kier alpha value is -3.14. The van der Waals surface area contributed by atoms with Crippen LogP contribution in [0.1, 0.15) is 51.1 Å². The molecule has 14 nitrogen and oxygen atoms in total. The highest BCUT2D eigenvalue weighted by Crippen LogP contribution is 2.18. The first-order chi connectivity index (χ1) is 18.8. The lowest BCUT2D eigenvalue weighted by molar-refractivity contribution is -0.145. The van der Waals surface area contributed by atoms with Gasteiger partial charge in [-0.05, 0) is 37.3 Å². The number of hydrogen-bond acceptors (Lipinski definition) is 10. The third-order valence-electron chi connectivity index (χ3n) is 6.17. The van der Waals surface area contributed by atoms with Crippen molar-refractivity contribution in [2.45, 2.75) is 82.0 Å². The Kier molecular flexibility index (Phi) is 15.3. The quantitative estimate of drug-likeness (QED) is 0.0882. The molecule has 1 rings (SSSR count). The fourth-order valence-electron chi connectivity index (χ4n) is 3.92. The van der Waals surface area contributed by atoms with E-state index in [-0.39, 0.29) is 12.3 Å². The molecule has 0 aliphatic heterocycles. The number of nitrogens with two attached hydrogens (primary N) is 2. The highest BCUT2D eigenvalue weighted by atomic mass is 16.4. The number of carboxylic acid groups (broad SMARTS) is 1. The molecular weight excluding hydrogens is 526 g/mol. The van der Waals surface area contributed by atoms with Gasteiger partial charge in [-0.2, -0.15) is 0 Å². The molecule has 0 aromatic heterocycles. The topological polar surface area (TPSA) is 258 Å². The Bertz CT molecular complexity index is 950. The van der Waals surface area contributed by atoms with Gasteiger partial charge in [-0.25, -0.2) is 0 Å². The molecular formula is C26H43N5O9. The van der Waals surface area contributed by atoms with Crippen LogP contribution in [0.3, 0.4) is 0 Å². The minimum atomic E-state index is -2.24. The standard InChI is InChI=1S/C26H43N5O9/c1-14(2)11-18(30-24(38)16(28)9-6-10-27)25(39)31-19(13-32)21(35)22(36)23(37)26(40)29-17(12-20(33)34)15-7-4-3-5-8-15/h3-5,7-8,14,16-19,21-23,32,35-37H,6,9-13,27-28H2,1-2H3,(H,29,40)(H,30,38)(H,31,39)(H,33,34)/t16-,17-,18-,19-,21+,22+,23-/m0/s1. The first kappa shape index (κ1) is 34.9. The van der Waals surface area contributed by atoms with Gasteiger partial charge < -0.3 is 53.0 Å². The molecule has 1 aromatic carbocycles. The van der Waals surface area contributed by atoms with Gasteiger partial charge >= 0.3 is 5.97 Å². The first-order valence-electron chi connectivity index (χ1n) is 13.1. The summed E-state index contributed by atoms with van der Waals surface area (Å²) in [5.41, 5.74) is 11.7. The van der Waals surface area contributed by atoms with E-state index in [9.17, 15) is 44.7 Å². The highest BCUT2D eigenvalue weighted by Gasteiger charge is 2.37. The lowest BCUT2D eigenvalue weighted by Gasteiger charge is -2.31. The van der Waals surface area contributed by atoms with E-state index in [0.29, 0.717) is 24.9 Å². The van der Waals surface area contributed by atoms with E-state index in [1.54, 1.807) is 30.3 Å². The Labute approximate surface area is 233 Å². The molecule has 3 amide bonds. The van der Waals surface area contributed by atoms with Gasteiger partial charge in [-0.1, -0.05) is 44.2 Å². The molecule has 0 unspecified atom stereocenters. The molecule has 0 saturated heterocycles. The summed E-state index contributed by atoms with van der Waals surface area (Å²) in [4.78, 5) is 49.3. The molecule has 0 aliphatic rings. The van der Waals surface area contributed by atoms with Crippen LogP contribution in [0.4, 0.5) is 0 Å². The number of carboxylic acids is 1. The van der Waals surface area contributed by atoms with E-state index in [0.717, 1.165) is 0 Å². The molecule has 1 aromatic rings. The average Bonchev–Trinajstić information content (AvgIpc) is 2.92. The Morgan fingerprint density at radius 1 is 0.900 bits per heavy atom. The zero-order valence-corrected chi connectivity index (χ0v) is 22.8. The van der Waals surface area contributed by atoms with Crippen LogP contribution in [0.5, 0.6) is 0 Å².